The van der Waals surface area contributed by atoms with Crippen LogP contribution in [-0.2, 0) is 23.9 Å². The van der Waals surface area contributed by atoms with Crippen molar-refractivity contribution in [2.24, 2.45) is 17.8 Å². The van der Waals surface area contributed by atoms with Crippen LogP contribution < -0.4 is 0 Å². The van der Waals surface area contributed by atoms with Crippen molar-refractivity contribution in [3.8, 4) is 0 Å². The van der Waals surface area contributed by atoms with E-state index in [1.807, 2.05) is 27.7 Å². The number of allylic oxidation sites excluding steroid dienone is 1. The Morgan fingerprint density at radius 2 is 2.08 bits per heavy atom. The first-order valence-electron chi connectivity index (χ1n) is 8.73. The van der Waals surface area contributed by atoms with Crippen LogP contribution in [0.25, 0.3) is 0 Å². The van der Waals surface area contributed by atoms with Gasteiger partial charge in [-0.25, -0.2) is 0 Å². The van der Waals surface area contributed by atoms with E-state index in [0.29, 0.717) is 18.4 Å². The van der Waals surface area contributed by atoms with Crippen molar-refractivity contribution in [1.29, 1.82) is 0 Å². The first kappa shape index (κ1) is 18.4. The van der Waals surface area contributed by atoms with E-state index in [2.05, 4.69) is 15.9 Å². The van der Waals surface area contributed by atoms with Gasteiger partial charge in [-0.3, -0.25) is 14.4 Å². The third-order valence-electron chi connectivity index (χ3n) is 5.61. The fraction of sp³-hybridized carbons (Fsp3) is 0.632. The molecule has 0 N–H and O–H groups in total. The average Bonchev–Trinajstić information content (AvgIpc) is 2.96. The number of fused-ring (bicyclic) bond motifs is 3. The van der Waals surface area contributed by atoms with Crippen LogP contribution in [0.3, 0.4) is 0 Å². The molecule has 5 nitrogen and oxygen atoms in total. The zero-order chi connectivity index (χ0) is 18.5. The second-order valence-electron chi connectivity index (χ2n) is 7.25. The zero-order valence-electron chi connectivity index (χ0n) is 14.9. The summed E-state index contributed by atoms with van der Waals surface area (Å²) < 4.78 is 11.4. The summed E-state index contributed by atoms with van der Waals surface area (Å²) in [6.07, 6.45) is 1.79. The van der Waals surface area contributed by atoms with E-state index in [-0.39, 0.29) is 40.3 Å². The molecule has 1 aliphatic heterocycles. The first-order chi connectivity index (χ1) is 11.8. The molecule has 0 bridgehead atoms. The van der Waals surface area contributed by atoms with Gasteiger partial charge in [-0.05, 0) is 26.3 Å². The lowest BCUT2D eigenvalue weighted by Gasteiger charge is -2.29. The van der Waals surface area contributed by atoms with E-state index >= 15 is 0 Å². The molecule has 0 radical (unpaired) electrons. The predicted octanol–water partition coefficient (Wildman–Crippen LogP) is 3.11. The number of carbonyl (C=O) groups excluding carboxylic acids is 3. The molecule has 3 aliphatic rings. The molecular formula is C19H23BrO5. The number of rotatable bonds is 3. The molecular weight excluding hydrogens is 388 g/mol. The highest BCUT2D eigenvalue weighted by molar-refractivity contribution is 9.10. The molecule has 0 spiro atoms. The molecule has 6 heteroatoms. The van der Waals surface area contributed by atoms with Crippen LogP contribution in [0.4, 0.5) is 0 Å². The number of hydrogen-bond donors (Lipinski definition) is 0. The van der Waals surface area contributed by atoms with E-state index in [1.54, 1.807) is 6.08 Å². The SMILES string of the molecule is CCC(Br)C(=O)OC1CC(C)=C2C(=O)C=C(C)C2C2OC(=O)C(C)C12. The predicted molar refractivity (Wildman–Crippen MR) is 95.0 cm³/mol. The molecule has 1 heterocycles. The van der Waals surface area contributed by atoms with Gasteiger partial charge in [0.15, 0.2) is 5.78 Å². The highest BCUT2D eigenvalue weighted by Crippen LogP contribution is 2.48. The zero-order valence-corrected chi connectivity index (χ0v) is 16.5. The fourth-order valence-corrected chi connectivity index (χ4v) is 4.41. The van der Waals surface area contributed by atoms with Gasteiger partial charge in [-0.2, -0.15) is 0 Å². The minimum atomic E-state index is -0.468. The Hall–Kier alpha value is -1.43. The van der Waals surface area contributed by atoms with Crippen LogP contribution in [0, 0.1) is 17.8 Å². The number of hydrogen-bond acceptors (Lipinski definition) is 5. The Balaban J connectivity index is 2.00. The minimum Gasteiger partial charge on any atom is -0.461 e. The van der Waals surface area contributed by atoms with Gasteiger partial charge in [0.2, 0.25) is 0 Å². The summed E-state index contributed by atoms with van der Waals surface area (Å²) in [5, 5.41) is 0. The van der Waals surface area contributed by atoms with Crippen LogP contribution in [0.2, 0.25) is 0 Å². The summed E-state index contributed by atoms with van der Waals surface area (Å²) in [7, 11) is 0. The third-order valence-corrected chi connectivity index (χ3v) is 6.63. The molecule has 6 atom stereocenters. The van der Waals surface area contributed by atoms with Crippen LogP contribution in [-0.4, -0.2) is 34.8 Å². The molecule has 2 aliphatic carbocycles. The lowest BCUT2D eigenvalue weighted by Crippen LogP contribution is -2.39. The Morgan fingerprint density at radius 3 is 2.72 bits per heavy atom. The maximum absolute atomic E-state index is 12.4. The van der Waals surface area contributed by atoms with Crippen LogP contribution >= 0.6 is 15.9 Å². The van der Waals surface area contributed by atoms with E-state index < -0.39 is 12.2 Å². The number of esters is 2. The van der Waals surface area contributed by atoms with Gasteiger partial charge in [0, 0.05) is 23.8 Å². The maximum atomic E-state index is 12.4. The van der Waals surface area contributed by atoms with Crippen molar-refractivity contribution >= 4 is 33.7 Å². The van der Waals surface area contributed by atoms with Gasteiger partial charge in [-0.1, -0.05) is 40.9 Å². The molecule has 1 saturated heterocycles. The van der Waals surface area contributed by atoms with E-state index in [9.17, 15) is 14.4 Å². The molecule has 0 saturated carbocycles. The minimum absolute atomic E-state index is 0.0201. The molecule has 0 aromatic heterocycles. The molecule has 0 aromatic rings. The van der Waals surface area contributed by atoms with Gasteiger partial charge in [0.05, 0.1) is 5.92 Å². The van der Waals surface area contributed by atoms with Crippen molar-refractivity contribution in [3.63, 3.8) is 0 Å². The average molecular weight is 411 g/mol. The summed E-state index contributed by atoms with van der Waals surface area (Å²) in [6, 6.07) is 0. The van der Waals surface area contributed by atoms with Crippen LogP contribution in [0.15, 0.2) is 22.8 Å². The topological polar surface area (TPSA) is 69.7 Å². The van der Waals surface area contributed by atoms with Crippen LogP contribution in [0.5, 0.6) is 0 Å². The van der Waals surface area contributed by atoms with Gasteiger partial charge in [-0.15, -0.1) is 0 Å². The number of halogens is 1. The summed E-state index contributed by atoms with van der Waals surface area (Å²) >= 11 is 3.32. The molecule has 25 heavy (non-hydrogen) atoms. The molecule has 3 rings (SSSR count). The Morgan fingerprint density at radius 1 is 1.40 bits per heavy atom. The summed E-state index contributed by atoms with van der Waals surface area (Å²) in [4.78, 5) is 36.6. The number of alkyl halides is 1. The summed E-state index contributed by atoms with van der Waals surface area (Å²) in [5.41, 5.74) is 2.54. The Kier molecular flexibility index (Phi) is 4.93. The van der Waals surface area contributed by atoms with Gasteiger partial charge in [0.1, 0.15) is 17.0 Å². The highest BCUT2D eigenvalue weighted by atomic mass is 79.9. The van der Waals surface area contributed by atoms with Gasteiger partial charge in [0.25, 0.3) is 0 Å². The number of carbonyl (C=O) groups is 3. The molecule has 136 valence electrons. The Bertz CT molecular complexity index is 692. The van der Waals surface area contributed by atoms with E-state index in [4.69, 9.17) is 9.47 Å². The number of ether oxygens (including phenoxy) is 2. The second kappa shape index (κ2) is 6.71. The highest BCUT2D eigenvalue weighted by Gasteiger charge is 2.55. The van der Waals surface area contributed by atoms with Crippen molar-refractivity contribution in [1.82, 2.24) is 0 Å². The largest absolute Gasteiger partial charge is 0.461 e. The normalized spacial score (nSPS) is 35.6. The molecule has 0 amide bonds. The van der Waals surface area contributed by atoms with Crippen LogP contribution in [0.1, 0.15) is 40.5 Å². The maximum Gasteiger partial charge on any atom is 0.320 e. The van der Waals surface area contributed by atoms with Crippen molar-refractivity contribution in [3.05, 3.63) is 22.8 Å². The van der Waals surface area contributed by atoms with Gasteiger partial charge >= 0.3 is 11.9 Å². The quantitative estimate of drug-likeness (QED) is 0.527. The molecule has 0 aromatic carbocycles. The smallest absolute Gasteiger partial charge is 0.320 e. The van der Waals surface area contributed by atoms with Crippen molar-refractivity contribution in [2.45, 2.75) is 57.6 Å². The third kappa shape index (κ3) is 2.98. The van der Waals surface area contributed by atoms with Crippen molar-refractivity contribution in [2.75, 3.05) is 0 Å². The molecule has 1 fully saturated rings. The monoisotopic (exact) mass is 410 g/mol. The summed E-state index contributed by atoms with van der Waals surface area (Å²) in [6.45, 7) is 7.52. The Labute approximate surface area is 155 Å². The first-order valence-corrected chi connectivity index (χ1v) is 9.65. The van der Waals surface area contributed by atoms with Crippen molar-refractivity contribution < 1.29 is 23.9 Å². The van der Waals surface area contributed by atoms with E-state index in [0.717, 1.165) is 11.1 Å². The summed E-state index contributed by atoms with van der Waals surface area (Å²) in [5.74, 6) is -1.47. The lowest BCUT2D eigenvalue weighted by atomic mass is 9.79. The second-order valence-corrected chi connectivity index (χ2v) is 8.35. The molecule has 6 unspecified atom stereocenters. The number of ketones is 1. The van der Waals surface area contributed by atoms with E-state index in [1.165, 1.54) is 0 Å². The lowest BCUT2D eigenvalue weighted by molar-refractivity contribution is -0.152. The van der Waals surface area contributed by atoms with Gasteiger partial charge < -0.3 is 9.47 Å². The standard InChI is InChI=1S/C19H23BrO5/c1-5-11(20)19(23)24-13-7-9(3)14-12(21)6-8(2)15(14)17-16(13)10(4)18(22)25-17/h6,10-11,13,15-17H,5,7H2,1-4H3. The fourth-order valence-electron chi connectivity index (χ4n) is 4.30.